The van der Waals surface area contributed by atoms with Crippen LogP contribution in [-0.4, -0.2) is 65.2 Å². The van der Waals surface area contributed by atoms with Crippen LogP contribution < -0.4 is 4.90 Å². The van der Waals surface area contributed by atoms with Gasteiger partial charge in [-0.05, 0) is 37.1 Å². The number of carbonyl (C=O) groups is 1. The molecule has 0 saturated carbocycles. The monoisotopic (exact) mass is 425 g/mol. The van der Waals surface area contributed by atoms with Crippen LogP contribution in [-0.2, 0) is 9.53 Å². The molecular weight excluding hydrogens is 402 g/mol. The Morgan fingerprint density at radius 3 is 2.90 bits per heavy atom. The first-order chi connectivity index (χ1) is 14.7. The number of carbonyl (C=O) groups excluding carboxylic acids is 1. The average molecular weight is 426 g/mol. The number of rotatable bonds is 3. The first-order valence-electron chi connectivity index (χ1n) is 10.4. The van der Waals surface area contributed by atoms with Gasteiger partial charge in [0.1, 0.15) is 5.82 Å². The zero-order chi connectivity index (χ0) is 20.5. The quantitative estimate of drug-likeness (QED) is 0.696. The molecule has 3 aromatic rings. The van der Waals surface area contributed by atoms with E-state index in [4.69, 9.17) is 16.3 Å². The number of nitrogens with zero attached hydrogens (tertiary/aromatic N) is 4. The van der Waals surface area contributed by atoms with Crippen LogP contribution in [0.25, 0.3) is 22.4 Å². The van der Waals surface area contributed by atoms with Gasteiger partial charge < -0.3 is 19.5 Å². The van der Waals surface area contributed by atoms with Crippen LogP contribution in [0.2, 0.25) is 5.02 Å². The van der Waals surface area contributed by atoms with Crippen molar-refractivity contribution in [1.29, 1.82) is 0 Å². The van der Waals surface area contributed by atoms with Crippen LogP contribution in [0, 0.1) is 5.92 Å². The fourth-order valence-corrected chi connectivity index (χ4v) is 4.54. The number of amides is 1. The lowest BCUT2D eigenvalue weighted by Gasteiger charge is -2.37. The van der Waals surface area contributed by atoms with Crippen molar-refractivity contribution in [1.82, 2.24) is 19.9 Å². The highest BCUT2D eigenvalue weighted by Gasteiger charge is 2.30. The Kier molecular flexibility index (Phi) is 5.31. The molecule has 2 fully saturated rings. The number of pyridine rings is 1. The molecule has 2 saturated heterocycles. The number of morpholine rings is 1. The maximum absolute atomic E-state index is 13.0. The Labute approximate surface area is 180 Å². The summed E-state index contributed by atoms with van der Waals surface area (Å²) in [6, 6.07) is 7.87. The minimum atomic E-state index is 0.0215. The van der Waals surface area contributed by atoms with Crippen LogP contribution in [0.1, 0.15) is 12.8 Å². The van der Waals surface area contributed by atoms with Crippen molar-refractivity contribution < 1.29 is 9.53 Å². The van der Waals surface area contributed by atoms with E-state index in [1.54, 1.807) is 12.4 Å². The van der Waals surface area contributed by atoms with Crippen LogP contribution in [0.4, 0.5) is 5.69 Å². The molecular formula is C22H24ClN5O2. The number of H-pyrrole nitrogens is 1. The molecule has 0 radical (unpaired) electrons. The molecule has 1 amide bonds. The number of fused-ring (bicyclic) bond motifs is 1. The third-order valence-electron chi connectivity index (χ3n) is 5.95. The number of piperidine rings is 1. The van der Waals surface area contributed by atoms with Gasteiger partial charge in [0.25, 0.3) is 0 Å². The fraction of sp³-hybridized carbons (Fsp3) is 0.409. The molecule has 2 aliphatic rings. The smallest absolute Gasteiger partial charge is 0.227 e. The summed E-state index contributed by atoms with van der Waals surface area (Å²) in [6.45, 7) is 4.31. The molecule has 156 valence electrons. The molecule has 0 aliphatic carbocycles. The first-order valence-corrected chi connectivity index (χ1v) is 10.8. The second-order valence-corrected chi connectivity index (χ2v) is 8.27. The van der Waals surface area contributed by atoms with Gasteiger partial charge in [-0.3, -0.25) is 9.78 Å². The van der Waals surface area contributed by atoms with E-state index < -0.39 is 0 Å². The lowest BCUT2D eigenvalue weighted by atomic mass is 9.95. The second kappa shape index (κ2) is 8.24. The largest absolute Gasteiger partial charge is 0.378 e. The molecule has 30 heavy (non-hydrogen) atoms. The molecule has 0 bridgehead atoms. The minimum absolute atomic E-state index is 0.0215. The maximum atomic E-state index is 13.0. The van der Waals surface area contributed by atoms with E-state index >= 15 is 0 Å². The van der Waals surface area contributed by atoms with E-state index in [-0.39, 0.29) is 11.8 Å². The highest BCUT2D eigenvalue weighted by molar-refractivity contribution is 6.33. The average Bonchev–Trinajstić information content (AvgIpc) is 3.23. The number of aromatic amines is 1. The fourth-order valence-electron chi connectivity index (χ4n) is 4.33. The van der Waals surface area contributed by atoms with Gasteiger partial charge in [-0.15, -0.1) is 0 Å². The number of aromatic nitrogens is 3. The van der Waals surface area contributed by atoms with Gasteiger partial charge in [0, 0.05) is 43.6 Å². The third-order valence-corrected chi connectivity index (χ3v) is 6.28. The molecule has 1 atom stereocenters. The van der Waals surface area contributed by atoms with Gasteiger partial charge >= 0.3 is 0 Å². The van der Waals surface area contributed by atoms with Crippen LogP contribution in [0.5, 0.6) is 0 Å². The minimum Gasteiger partial charge on any atom is -0.378 e. The molecule has 4 heterocycles. The summed E-state index contributed by atoms with van der Waals surface area (Å²) in [5.41, 5.74) is 3.65. The highest BCUT2D eigenvalue weighted by atomic mass is 35.5. The van der Waals surface area contributed by atoms with Crippen molar-refractivity contribution in [2.45, 2.75) is 12.8 Å². The Hall–Kier alpha value is -2.64. The lowest BCUT2D eigenvalue weighted by Crippen LogP contribution is -2.48. The van der Waals surface area contributed by atoms with Crippen molar-refractivity contribution in [3.8, 4) is 11.4 Å². The zero-order valence-electron chi connectivity index (χ0n) is 16.7. The van der Waals surface area contributed by atoms with Crippen LogP contribution >= 0.6 is 11.6 Å². The topological polar surface area (TPSA) is 74.4 Å². The van der Waals surface area contributed by atoms with Crippen molar-refractivity contribution in [3.63, 3.8) is 0 Å². The molecule has 1 N–H and O–H groups in total. The molecule has 0 spiro atoms. The number of ether oxygens (including phenoxy) is 1. The third kappa shape index (κ3) is 3.75. The van der Waals surface area contributed by atoms with Gasteiger partial charge in [-0.25, -0.2) is 4.98 Å². The molecule has 1 unspecified atom stereocenters. The van der Waals surface area contributed by atoms with Crippen molar-refractivity contribution >= 4 is 34.2 Å². The van der Waals surface area contributed by atoms with Gasteiger partial charge in [0.05, 0.1) is 41.4 Å². The Balaban J connectivity index is 1.38. The normalized spacial score (nSPS) is 20.0. The number of halogens is 1. The summed E-state index contributed by atoms with van der Waals surface area (Å²) in [4.78, 5) is 29.3. The molecule has 2 aliphatic heterocycles. The zero-order valence-corrected chi connectivity index (χ0v) is 17.4. The Bertz CT molecular complexity index is 1030. The lowest BCUT2D eigenvalue weighted by molar-refractivity contribution is -0.139. The Morgan fingerprint density at radius 2 is 2.07 bits per heavy atom. The first kappa shape index (κ1) is 19.3. The van der Waals surface area contributed by atoms with Crippen molar-refractivity contribution in [3.05, 3.63) is 41.7 Å². The van der Waals surface area contributed by atoms with Crippen molar-refractivity contribution in [2.75, 3.05) is 44.3 Å². The SMILES string of the molecule is O=C(C1CCCN(c2ccc(Cl)c(-c3nc4ccncc4[nH]3)c2)C1)N1CCOCC1. The van der Waals surface area contributed by atoms with E-state index in [1.165, 1.54) is 0 Å². The van der Waals surface area contributed by atoms with E-state index in [1.807, 2.05) is 23.1 Å². The Morgan fingerprint density at radius 1 is 1.20 bits per heavy atom. The molecule has 2 aromatic heterocycles. The number of hydrogen-bond donors (Lipinski definition) is 1. The predicted molar refractivity (Wildman–Crippen MR) is 117 cm³/mol. The number of imidazole rings is 1. The summed E-state index contributed by atoms with van der Waals surface area (Å²) in [5, 5.41) is 0.642. The van der Waals surface area contributed by atoms with Crippen molar-refractivity contribution in [2.24, 2.45) is 5.92 Å². The molecule has 5 rings (SSSR count). The molecule has 8 heteroatoms. The summed E-state index contributed by atoms with van der Waals surface area (Å²) in [5.74, 6) is 0.998. The number of hydrogen-bond acceptors (Lipinski definition) is 5. The predicted octanol–water partition coefficient (Wildman–Crippen LogP) is 3.35. The second-order valence-electron chi connectivity index (χ2n) is 7.87. The van der Waals surface area contributed by atoms with Crippen LogP contribution in [0.3, 0.4) is 0 Å². The van der Waals surface area contributed by atoms with Gasteiger partial charge in [0.2, 0.25) is 5.91 Å². The molecule has 7 nitrogen and oxygen atoms in total. The van der Waals surface area contributed by atoms with Crippen LogP contribution in [0.15, 0.2) is 36.7 Å². The van der Waals surface area contributed by atoms with E-state index in [2.05, 4.69) is 25.9 Å². The van der Waals surface area contributed by atoms with E-state index in [0.717, 1.165) is 54.0 Å². The van der Waals surface area contributed by atoms with Gasteiger partial charge in [-0.1, -0.05) is 11.6 Å². The highest BCUT2D eigenvalue weighted by Crippen LogP contribution is 2.33. The van der Waals surface area contributed by atoms with Gasteiger partial charge in [-0.2, -0.15) is 0 Å². The summed E-state index contributed by atoms with van der Waals surface area (Å²) < 4.78 is 5.39. The summed E-state index contributed by atoms with van der Waals surface area (Å²) in [6.07, 6.45) is 5.42. The number of anilines is 1. The van der Waals surface area contributed by atoms with Gasteiger partial charge in [0.15, 0.2) is 0 Å². The standard InChI is InChI=1S/C22H24ClN5O2/c23-18-4-3-16(12-17(18)21-25-19-5-6-24-13-20(19)26-21)28-7-1-2-15(14-28)22(29)27-8-10-30-11-9-27/h3-6,12-13,15H,1-2,7-11,14H2,(H,25,26). The van der Waals surface area contributed by atoms with E-state index in [9.17, 15) is 4.79 Å². The molecule has 1 aromatic carbocycles. The number of benzene rings is 1. The number of nitrogens with one attached hydrogen (secondary N) is 1. The van der Waals surface area contributed by atoms with E-state index in [0.29, 0.717) is 31.3 Å². The summed E-state index contributed by atoms with van der Waals surface area (Å²) >= 11 is 6.51. The summed E-state index contributed by atoms with van der Waals surface area (Å²) in [7, 11) is 0. The maximum Gasteiger partial charge on any atom is 0.227 e.